The van der Waals surface area contributed by atoms with Gasteiger partial charge >= 0.3 is 5.97 Å². The first-order chi connectivity index (χ1) is 10.9. The summed E-state index contributed by atoms with van der Waals surface area (Å²) >= 11 is 1.39. The van der Waals surface area contributed by atoms with Gasteiger partial charge in [0.2, 0.25) is 5.91 Å². The van der Waals surface area contributed by atoms with Gasteiger partial charge in [-0.2, -0.15) is 0 Å². The van der Waals surface area contributed by atoms with E-state index < -0.39 is 17.8 Å². The average Bonchev–Trinajstić information content (AvgIpc) is 2.82. The number of esters is 1. The van der Waals surface area contributed by atoms with E-state index in [-0.39, 0.29) is 19.4 Å². The Morgan fingerprint density at radius 2 is 2.09 bits per heavy atom. The van der Waals surface area contributed by atoms with E-state index in [1.165, 1.54) is 11.3 Å². The van der Waals surface area contributed by atoms with Crippen LogP contribution in [0.2, 0.25) is 0 Å². The van der Waals surface area contributed by atoms with Crippen LogP contribution < -0.4 is 10.4 Å². The number of amides is 1. The molecule has 0 saturated heterocycles. The molecule has 0 spiro atoms. The van der Waals surface area contributed by atoms with Crippen molar-refractivity contribution >= 4 is 34.2 Å². The minimum absolute atomic E-state index is 0.177. The summed E-state index contributed by atoms with van der Waals surface area (Å²) in [6.07, 6.45) is 2.14. The number of fused-ring (bicyclic) bond motifs is 1. The highest BCUT2D eigenvalue weighted by Crippen LogP contribution is 2.40. The van der Waals surface area contributed by atoms with Gasteiger partial charge in [-0.05, 0) is 44.1 Å². The Kier molecular flexibility index (Phi) is 5.76. The Labute approximate surface area is 138 Å². The fourth-order valence-electron chi connectivity index (χ4n) is 2.66. The zero-order valence-corrected chi connectivity index (χ0v) is 14.1. The summed E-state index contributed by atoms with van der Waals surface area (Å²) in [6.45, 7) is 4.15. The van der Waals surface area contributed by atoms with E-state index in [9.17, 15) is 19.5 Å². The number of ether oxygens (including phenoxy) is 1. The number of carbonyl (C=O) groups is 3. The average molecular weight is 338 g/mol. The molecule has 0 aromatic carbocycles. The van der Waals surface area contributed by atoms with Crippen LogP contribution in [-0.4, -0.2) is 24.5 Å². The molecule has 1 heterocycles. The summed E-state index contributed by atoms with van der Waals surface area (Å²) < 4.78 is 5.11. The highest BCUT2D eigenvalue weighted by molar-refractivity contribution is 7.17. The number of hydrogen-bond acceptors (Lipinski definition) is 6. The van der Waals surface area contributed by atoms with E-state index in [1.54, 1.807) is 6.92 Å². The predicted molar refractivity (Wildman–Crippen MR) is 84.3 cm³/mol. The number of aliphatic carboxylic acids is 1. The van der Waals surface area contributed by atoms with Gasteiger partial charge in [0.15, 0.2) is 0 Å². The Morgan fingerprint density at radius 1 is 1.35 bits per heavy atom. The van der Waals surface area contributed by atoms with Crippen LogP contribution in [-0.2, 0) is 27.2 Å². The molecule has 0 bridgehead atoms. The van der Waals surface area contributed by atoms with E-state index in [1.807, 2.05) is 0 Å². The molecule has 2 rings (SSSR count). The van der Waals surface area contributed by atoms with Gasteiger partial charge in [-0.25, -0.2) is 4.79 Å². The quantitative estimate of drug-likeness (QED) is 0.793. The molecular weight excluding hydrogens is 318 g/mol. The molecule has 1 aliphatic rings. The molecule has 1 aliphatic carbocycles. The van der Waals surface area contributed by atoms with Gasteiger partial charge < -0.3 is 20.0 Å². The third kappa shape index (κ3) is 4.31. The molecule has 0 saturated carbocycles. The fraction of sp³-hybridized carbons (Fsp3) is 0.562. The molecule has 1 amide bonds. The molecule has 0 fully saturated rings. The summed E-state index contributed by atoms with van der Waals surface area (Å²) in [4.78, 5) is 35.7. The lowest BCUT2D eigenvalue weighted by Crippen LogP contribution is -2.24. The SMILES string of the molecule is CCOC(=O)c1c(NC(=O)CCC(=O)[O-])sc2c1CC[C@H](C)C2. The zero-order valence-electron chi connectivity index (χ0n) is 13.3. The molecule has 0 radical (unpaired) electrons. The lowest BCUT2D eigenvalue weighted by molar-refractivity contribution is -0.305. The van der Waals surface area contributed by atoms with Gasteiger partial charge in [-0.1, -0.05) is 6.92 Å². The maximum Gasteiger partial charge on any atom is 0.341 e. The molecule has 1 aromatic rings. The van der Waals surface area contributed by atoms with Crippen LogP contribution in [0, 0.1) is 5.92 Å². The Hall–Kier alpha value is -1.89. The monoisotopic (exact) mass is 338 g/mol. The second kappa shape index (κ2) is 7.59. The number of carboxylic acids is 1. The van der Waals surface area contributed by atoms with Gasteiger partial charge in [0.25, 0.3) is 0 Å². The van der Waals surface area contributed by atoms with Crippen LogP contribution in [0.1, 0.15) is 53.9 Å². The second-order valence-corrected chi connectivity index (χ2v) is 6.80. The van der Waals surface area contributed by atoms with Crippen molar-refractivity contribution in [2.24, 2.45) is 5.92 Å². The number of carboxylic acid groups (broad SMARTS) is 1. The van der Waals surface area contributed by atoms with E-state index in [0.29, 0.717) is 16.5 Å². The van der Waals surface area contributed by atoms with Gasteiger partial charge in [0.1, 0.15) is 5.00 Å². The molecule has 0 aliphatic heterocycles. The van der Waals surface area contributed by atoms with Crippen LogP contribution in [0.25, 0.3) is 0 Å². The second-order valence-electron chi connectivity index (χ2n) is 5.70. The molecule has 23 heavy (non-hydrogen) atoms. The lowest BCUT2D eigenvalue weighted by atomic mass is 9.88. The molecule has 6 nitrogen and oxygen atoms in total. The van der Waals surface area contributed by atoms with Gasteiger partial charge in [0.05, 0.1) is 12.2 Å². The van der Waals surface area contributed by atoms with E-state index in [4.69, 9.17) is 4.74 Å². The van der Waals surface area contributed by atoms with Crippen LogP contribution in [0.5, 0.6) is 0 Å². The Morgan fingerprint density at radius 3 is 2.74 bits per heavy atom. The van der Waals surface area contributed by atoms with Gasteiger partial charge in [0, 0.05) is 17.3 Å². The number of rotatable bonds is 6. The lowest BCUT2D eigenvalue weighted by Gasteiger charge is -2.18. The number of carbonyl (C=O) groups excluding carboxylic acids is 3. The molecule has 1 N–H and O–H groups in total. The number of hydrogen-bond donors (Lipinski definition) is 1. The fourth-order valence-corrected chi connectivity index (χ4v) is 4.08. The summed E-state index contributed by atoms with van der Waals surface area (Å²) in [7, 11) is 0. The zero-order chi connectivity index (χ0) is 17.0. The maximum absolute atomic E-state index is 12.3. The van der Waals surface area contributed by atoms with Gasteiger partial charge in [-0.3, -0.25) is 4.79 Å². The third-order valence-corrected chi connectivity index (χ3v) is 4.97. The van der Waals surface area contributed by atoms with Crippen LogP contribution in [0.4, 0.5) is 5.00 Å². The standard InChI is InChI=1S/C16H21NO5S/c1-3-22-16(21)14-10-5-4-9(2)8-11(10)23-15(14)17-12(18)6-7-13(19)20/h9H,3-8H2,1-2H3,(H,17,18)(H,19,20)/p-1/t9-/m0/s1. The van der Waals surface area contributed by atoms with E-state index in [2.05, 4.69) is 12.2 Å². The van der Waals surface area contributed by atoms with Crippen molar-refractivity contribution in [2.75, 3.05) is 11.9 Å². The largest absolute Gasteiger partial charge is 0.550 e. The normalized spacial score (nSPS) is 16.5. The molecule has 0 unspecified atom stereocenters. The minimum Gasteiger partial charge on any atom is -0.550 e. The third-order valence-electron chi connectivity index (χ3n) is 3.80. The highest BCUT2D eigenvalue weighted by atomic mass is 32.1. The molecular formula is C16H20NO5S-. The molecule has 126 valence electrons. The van der Waals surface area contributed by atoms with Gasteiger partial charge in [-0.15, -0.1) is 11.3 Å². The highest BCUT2D eigenvalue weighted by Gasteiger charge is 2.29. The first-order valence-corrected chi connectivity index (χ1v) is 8.55. The summed E-state index contributed by atoms with van der Waals surface area (Å²) in [5.74, 6) is -1.61. The summed E-state index contributed by atoms with van der Waals surface area (Å²) in [6, 6.07) is 0. The van der Waals surface area contributed by atoms with Crippen molar-refractivity contribution < 1.29 is 24.2 Å². The number of nitrogens with one attached hydrogen (secondary N) is 1. The summed E-state index contributed by atoms with van der Waals surface area (Å²) in [5, 5.41) is 13.6. The van der Waals surface area contributed by atoms with Crippen molar-refractivity contribution in [2.45, 2.75) is 46.0 Å². The topological polar surface area (TPSA) is 95.5 Å². The minimum atomic E-state index is -1.27. The Balaban J connectivity index is 2.25. The number of anilines is 1. The molecule has 7 heteroatoms. The molecule has 1 aromatic heterocycles. The van der Waals surface area contributed by atoms with Crippen LogP contribution >= 0.6 is 11.3 Å². The van der Waals surface area contributed by atoms with Crippen LogP contribution in [0.3, 0.4) is 0 Å². The molecule has 1 atom stereocenters. The van der Waals surface area contributed by atoms with Crippen molar-refractivity contribution in [3.63, 3.8) is 0 Å². The summed E-state index contributed by atoms with van der Waals surface area (Å²) in [5.41, 5.74) is 1.39. The smallest absolute Gasteiger partial charge is 0.341 e. The van der Waals surface area contributed by atoms with Crippen molar-refractivity contribution in [1.29, 1.82) is 0 Å². The van der Waals surface area contributed by atoms with E-state index >= 15 is 0 Å². The first kappa shape index (κ1) is 17.5. The first-order valence-electron chi connectivity index (χ1n) is 7.73. The van der Waals surface area contributed by atoms with Crippen molar-refractivity contribution in [3.8, 4) is 0 Å². The van der Waals surface area contributed by atoms with Crippen molar-refractivity contribution in [1.82, 2.24) is 0 Å². The number of thiophene rings is 1. The predicted octanol–water partition coefficient (Wildman–Crippen LogP) is 1.52. The maximum atomic E-state index is 12.3. The Bertz CT molecular complexity index is 622. The van der Waals surface area contributed by atoms with Crippen molar-refractivity contribution in [3.05, 3.63) is 16.0 Å². The van der Waals surface area contributed by atoms with E-state index in [0.717, 1.165) is 29.7 Å². The van der Waals surface area contributed by atoms with Crippen LogP contribution in [0.15, 0.2) is 0 Å².